The van der Waals surface area contributed by atoms with Gasteiger partial charge in [0.05, 0.1) is 24.0 Å². The fraction of sp³-hybridized carbons (Fsp3) is 0.200. The second-order valence-corrected chi connectivity index (χ2v) is 8.95. The fourth-order valence-electron chi connectivity index (χ4n) is 1.61. The molecule has 0 heterocycles. The zero-order valence-electron chi connectivity index (χ0n) is 13.8. The summed E-state index contributed by atoms with van der Waals surface area (Å²) in [5, 5.41) is 0. The van der Waals surface area contributed by atoms with E-state index in [1.54, 1.807) is 12.1 Å². The molecular formula is C15H18ClNO6S2. The van der Waals surface area contributed by atoms with E-state index in [0.717, 1.165) is 0 Å². The van der Waals surface area contributed by atoms with Crippen molar-refractivity contribution in [1.29, 1.82) is 0 Å². The Bertz CT molecular complexity index is 879. The topological polar surface area (TPSA) is 98.8 Å². The minimum atomic E-state index is -3.61. The van der Waals surface area contributed by atoms with Crippen LogP contribution in [0.3, 0.4) is 0 Å². The van der Waals surface area contributed by atoms with Gasteiger partial charge in [-0.3, -0.25) is 0 Å². The lowest BCUT2D eigenvalue weighted by Crippen LogP contribution is -2.18. The first kappa shape index (κ1) is 21.2. The van der Waals surface area contributed by atoms with Crippen LogP contribution >= 0.6 is 10.7 Å². The summed E-state index contributed by atoms with van der Waals surface area (Å²) in [4.78, 5) is 0.306. The standard InChI is InChI=1S/C8H11NO3S.C7H7ClO3S/c1-9-13(10,11)8-5-3-7(12-2)4-6-8;1-11-6-2-4-7(5-3-6)12(8,9)10/h3-6,9H,1-2H3;2-5H,1H3. The molecule has 0 aliphatic carbocycles. The summed E-state index contributed by atoms with van der Waals surface area (Å²) in [7, 11) is 2.55. The lowest BCUT2D eigenvalue weighted by Gasteiger charge is -2.03. The molecule has 1 N–H and O–H groups in total. The summed E-state index contributed by atoms with van der Waals surface area (Å²) < 4.78 is 56.0. The van der Waals surface area contributed by atoms with Crippen molar-refractivity contribution in [2.45, 2.75) is 9.79 Å². The van der Waals surface area contributed by atoms with Crippen molar-refractivity contribution in [3.8, 4) is 11.5 Å². The molecule has 0 spiro atoms. The second-order valence-electron chi connectivity index (χ2n) is 4.50. The van der Waals surface area contributed by atoms with Crippen molar-refractivity contribution in [3.63, 3.8) is 0 Å². The minimum absolute atomic E-state index is 0.0740. The smallest absolute Gasteiger partial charge is 0.261 e. The third-order valence-electron chi connectivity index (χ3n) is 2.98. The number of methoxy groups -OCH3 is 2. The van der Waals surface area contributed by atoms with Crippen LogP contribution in [0, 0.1) is 0 Å². The molecule has 2 rings (SSSR count). The van der Waals surface area contributed by atoms with E-state index in [0.29, 0.717) is 11.5 Å². The van der Waals surface area contributed by atoms with Gasteiger partial charge in [-0.05, 0) is 55.6 Å². The number of hydrogen-bond acceptors (Lipinski definition) is 6. The van der Waals surface area contributed by atoms with Gasteiger partial charge in [-0.2, -0.15) is 0 Å². The van der Waals surface area contributed by atoms with Crippen LogP contribution in [0.1, 0.15) is 0 Å². The van der Waals surface area contributed by atoms with Gasteiger partial charge < -0.3 is 9.47 Å². The van der Waals surface area contributed by atoms with Gasteiger partial charge in [-0.25, -0.2) is 21.6 Å². The van der Waals surface area contributed by atoms with E-state index < -0.39 is 19.1 Å². The van der Waals surface area contributed by atoms with Gasteiger partial charge in [0, 0.05) is 10.7 Å². The number of benzene rings is 2. The Morgan fingerprint density at radius 3 is 1.40 bits per heavy atom. The molecule has 0 unspecified atom stereocenters. The number of halogens is 1. The highest BCUT2D eigenvalue weighted by molar-refractivity contribution is 8.13. The summed E-state index contributed by atoms with van der Waals surface area (Å²) >= 11 is 0. The maximum absolute atomic E-state index is 11.2. The third-order valence-corrected chi connectivity index (χ3v) is 5.78. The molecule has 7 nitrogen and oxygen atoms in total. The Morgan fingerprint density at radius 2 is 1.12 bits per heavy atom. The number of sulfonamides is 1. The van der Waals surface area contributed by atoms with E-state index >= 15 is 0 Å². The Kier molecular flexibility index (Phi) is 7.68. The normalized spacial score (nSPS) is 11.2. The molecule has 0 fully saturated rings. The highest BCUT2D eigenvalue weighted by Crippen LogP contribution is 2.18. The lowest BCUT2D eigenvalue weighted by molar-refractivity contribution is 0.414. The van der Waals surface area contributed by atoms with Crippen molar-refractivity contribution < 1.29 is 26.3 Å². The molecule has 0 saturated carbocycles. The predicted molar refractivity (Wildman–Crippen MR) is 95.3 cm³/mol. The van der Waals surface area contributed by atoms with Crippen LogP contribution in [0.15, 0.2) is 58.3 Å². The molecule has 0 aliphatic rings. The molecule has 0 saturated heterocycles. The molecule has 0 aliphatic heterocycles. The van der Waals surface area contributed by atoms with Crippen molar-refractivity contribution in [3.05, 3.63) is 48.5 Å². The van der Waals surface area contributed by atoms with Gasteiger partial charge in [0.15, 0.2) is 0 Å². The molecule has 138 valence electrons. The second kappa shape index (κ2) is 9.04. The van der Waals surface area contributed by atoms with Crippen molar-refractivity contribution in [1.82, 2.24) is 4.72 Å². The first-order chi connectivity index (χ1) is 11.6. The van der Waals surface area contributed by atoms with Crippen LogP contribution in [0.25, 0.3) is 0 Å². The van der Waals surface area contributed by atoms with Crippen LogP contribution in [0.5, 0.6) is 11.5 Å². The number of nitrogens with one attached hydrogen (secondary N) is 1. The highest BCUT2D eigenvalue weighted by atomic mass is 35.7. The van der Waals surface area contributed by atoms with E-state index in [-0.39, 0.29) is 9.79 Å². The Hall–Kier alpha value is -1.81. The van der Waals surface area contributed by atoms with Gasteiger partial charge in [0.2, 0.25) is 10.0 Å². The van der Waals surface area contributed by atoms with Gasteiger partial charge in [0.1, 0.15) is 11.5 Å². The molecule has 2 aromatic rings. The predicted octanol–water partition coefficient (Wildman–Crippen LogP) is 2.23. The Morgan fingerprint density at radius 1 is 0.760 bits per heavy atom. The average Bonchev–Trinajstić information content (AvgIpc) is 2.61. The maximum atomic E-state index is 11.2. The molecular weight excluding hydrogens is 390 g/mol. The van der Waals surface area contributed by atoms with E-state index in [1.165, 1.54) is 57.7 Å². The number of hydrogen-bond donors (Lipinski definition) is 1. The number of ether oxygens (including phenoxy) is 2. The van der Waals surface area contributed by atoms with E-state index in [4.69, 9.17) is 20.2 Å². The third kappa shape index (κ3) is 6.54. The van der Waals surface area contributed by atoms with E-state index in [2.05, 4.69) is 4.72 Å². The van der Waals surface area contributed by atoms with Crippen LogP contribution < -0.4 is 14.2 Å². The van der Waals surface area contributed by atoms with E-state index in [9.17, 15) is 16.8 Å². The summed E-state index contributed by atoms with van der Waals surface area (Å²) in [5.41, 5.74) is 0. The summed E-state index contributed by atoms with van der Waals surface area (Å²) in [6.07, 6.45) is 0. The van der Waals surface area contributed by atoms with Gasteiger partial charge in [0.25, 0.3) is 9.05 Å². The van der Waals surface area contributed by atoms with Crippen LogP contribution in [-0.4, -0.2) is 38.1 Å². The van der Waals surface area contributed by atoms with Gasteiger partial charge in [-0.15, -0.1) is 0 Å². The van der Waals surface area contributed by atoms with Crippen LogP contribution in [-0.2, 0) is 19.1 Å². The molecule has 2 aromatic carbocycles. The molecule has 0 radical (unpaired) electrons. The molecule has 10 heteroatoms. The monoisotopic (exact) mass is 407 g/mol. The molecule has 25 heavy (non-hydrogen) atoms. The maximum Gasteiger partial charge on any atom is 0.261 e. The molecule has 0 atom stereocenters. The van der Waals surface area contributed by atoms with Gasteiger partial charge in [-0.1, -0.05) is 0 Å². The summed E-state index contributed by atoms with van der Waals surface area (Å²) in [6, 6.07) is 12.0. The van der Waals surface area contributed by atoms with E-state index in [1.807, 2.05) is 0 Å². The minimum Gasteiger partial charge on any atom is -0.497 e. The van der Waals surface area contributed by atoms with Crippen molar-refractivity contribution in [2.24, 2.45) is 0 Å². The number of rotatable bonds is 5. The molecule has 0 amide bonds. The zero-order chi connectivity index (χ0) is 19.1. The molecule has 0 aromatic heterocycles. The molecule has 0 bridgehead atoms. The van der Waals surface area contributed by atoms with Crippen molar-refractivity contribution in [2.75, 3.05) is 21.3 Å². The van der Waals surface area contributed by atoms with Gasteiger partial charge >= 0.3 is 0 Å². The van der Waals surface area contributed by atoms with Crippen molar-refractivity contribution >= 4 is 29.8 Å². The lowest BCUT2D eigenvalue weighted by atomic mass is 10.3. The Balaban J connectivity index is 0.000000251. The van der Waals surface area contributed by atoms with Crippen LogP contribution in [0.2, 0.25) is 0 Å². The zero-order valence-corrected chi connectivity index (χ0v) is 16.2. The first-order valence-electron chi connectivity index (χ1n) is 6.80. The summed E-state index contributed by atoms with van der Waals surface area (Å²) in [5.74, 6) is 1.23. The fourth-order valence-corrected chi connectivity index (χ4v) is 3.11. The largest absolute Gasteiger partial charge is 0.497 e. The first-order valence-corrected chi connectivity index (χ1v) is 10.6. The highest BCUT2D eigenvalue weighted by Gasteiger charge is 2.10. The average molecular weight is 408 g/mol. The quantitative estimate of drug-likeness (QED) is 0.763. The Labute approximate surface area is 152 Å². The van der Waals surface area contributed by atoms with Crippen LogP contribution in [0.4, 0.5) is 0 Å². The SMILES string of the molecule is CNS(=O)(=O)c1ccc(OC)cc1.COc1ccc(S(=O)(=O)Cl)cc1. The summed E-state index contributed by atoms with van der Waals surface area (Å²) in [6.45, 7) is 0.